The fourth-order valence-electron chi connectivity index (χ4n) is 2.84. The maximum atomic E-state index is 13.1. The van der Waals surface area contributed by atoms with Gasteiger partial charge in [-0.05, 0) is 36.5 Å². The van der Waals surface area contributed by atoms with E-state index in [9.17, 15) is 9.18 Å². The Kier molecular flexibility index (Phi) is 5.12. The standard InChI is InChI=1S/C16H23FN2O/c1-11(10-18)16(20)19-15(12-4-2-3-5-12)13-6-8-14(17)9-7-13/h6-9,11-12,15H,2-5,10,18H2,1H3,(H,19,20). The van der Waals surface area contributed by atoms with Crippen molar-refractivity contribution in [3.8, 4) is 0 Å². The molecule has 3 N–H and O–H groups in total. The molecule has 110 valence electrons. The monoisotopic (exact) mass is 278 g/mol. The minimum absolute atomic E-state index is 0.0197. The van der Waals surface area contributed by atoms with Gasteiger partial charge in [0.1, 0.15) is 5.82 Å². The topological polar surface area (TPSA) is 55.1 Å². The van der Waals surface area contributed by atoms with Gasteiger partial charge in [0.25, 0.3) is 0 Å². The zero-order valence-electron chi connectivity index (χ0n) is 11.9. The Morgan fingerprint density at radius 1 is 1.35 bits per heavy atom. The first-order valence-electron chi connectivity index (χ1n) is 7.37. The van der Waals surface area contributed by atoms with E-state index in [1.54, 1.807) is 12.1 Å². The van der Waals surface area contributed by atoms with Crippen molar-refractivity contribution in [2.24, 2.45) is 17.6 Å². The summed E-state index contributed by atoms with van der Waals surface area (Å²) in [6.45, 7) is 2.17. The van der Waals surface area contributed by atoms with E-state index in [0.717, 1.165) is 18.4 Å². The molecule has 4 heteroatoms. The molecule has 1 aliphatic carbocycles. The van der Waals surface area contributed by atoms with Crippen molar-refractivity contribution in [2.45, 2.75) is 38.6 Å². The Morgan fingerprint density at radius 3 is 2.50 bits per heavy atom. The maximum Gasteiger partial charge on any atom is 0.224 e. The Balaban J connectivity index is 2.16. The van der Waals surface area contributed by atoms with E-state index in [0.29, 0.717) is 12.5 Å². The van der Waals surface area contributed by atoms with Gasteiger partial charge in [0, 0.05) is 12.5 Å². The molecule has 0 radical (unpaired) electrons. The summed E-state index contributed by atoms with van der Waals surface area (Å²) < 4.78 is 13.1. The normalized spacial score (nSPS) is 18.8. The molecule has 0 spiro atoms. The number of carbonyl (C=O) groups excluding carboxylic acids is 1. The molecule has 0 saturated heterocycles. The number of halogens is 1. The van der Waals surface area contributed by atoms with Crippen LogP contribution in [0.5, 0.6) is 0 Å². The van der Waals surface area contributed by atoms with Crippen LogP contribution < -0.4 is 11.1 Å². The van der Waals surface area contributed by atoms with Gasteiger partial charge in [-0.15, -0.1) is 0 Å². The first-order valence-corrected chi connectivity index (χ1v) is 7.37. The van der Waals surface area contributed by atoms with Gasteiger partial charge in [-0.2, -0.15) is 0 Å². The first kappa shape index (κ1) is 15.0. The minimum Gasteiger partial charge on any atom is -0.349 e. The van der Waals surface area contributed by atoms with Crippen molar-refractivity contribution in [3.63, 3.8) is 0 Å². The molecule has 0 heterocycles. The van der Waals surface area contributed by atoms with Crippen molar-refractivity contribution in [3.05, 3.63) is 35.6 Å². The van der Waals surface area contributed by atoms with E-state index in [1.165, 1.54) is 25.0 Å². The Hall–Kier alpha value is -1.42. The summed E-state index contributed by atoms with van der Waals surface area (Å²) in [5.41, 5.74) is 6.53. The van der Waals surface area contributed by atoms with E-state index in [-0.39, 0.29) is 23.7 Å². The molecular formula is C16H23FN2O. The van der Waals surface area contributed by atoms with Crippen LogP contribution in [0, 0.1) is 17.7 Å². The highest BCUT2D eigenvalue weighted by Gasteiger charge is 2.28. The number of rotatable bonds is 5. The summed E-state index contributed by atoms with van der Waals surface area (Å²) in [5, 5.41) is 3.10. The van der Waals surface area contributed by atoms with Crippen LogP contribution in [0.3, 0.4) is 0 Å². The molecule has 2 unspecified atom stereocenters. The lowest BCUT2D eigenvalue weighted by atomic mass is 9.91. The largest absolute Gasteiger partial charge is 0.349 e. The number of amides is 1. The van der Waals surface area contributed by atoms with E-state index in [1.807, 2.05) is 6.92 Å². The van der Waals surface area contributed by atoms with Crippen LogP contribution in [0.25, 0.3) is 0 Å². The van der Waals surface area contributed by atoms with Gasteiger partial charge in [-0.1, -0.05) is 31.9 Å². The summed E-state index contributed by atoms with van der Waals surface area (Å²) in [5.74, 6) is -0.0250. The highest BCUT2D eigenvalue weighted by atomic mass is 19.1. The van der Waals surface area contributed by atoms with Crippen LogP contribution in [0.4, 0.5) is 4.39 Å². The second-order valence-corrected chi connectivity index (χ2v) is 5.72. The number of nitrogens with two attached hydrogens (primary N) is 1. The van der Waals surface area contributed by atoms with Crippen LogP contribution >= 0.6 is 0 Å². The predicted octanol–water partition coefficient (Wildman–Crippen LogP) is 2.77. The Labute approximate surface area is 119 Å². The van der Waals surface area contributed by atoms with Crippen molar-refractivity contribution < 1.29 is 9.18 Å². The summed E-state index contributed by atoms with van der Waals surface area (Å²) in [7, 11) is 0. The fourth-order valence-corrected chi connectivity index (χ4v) is 2.84. The lowest BCUT2D eigenvalue weighted by Crippen LogP contribution is -2.38. The number of hydrogen-bond acceptors (Lipinski definition) is 2. The average molecular weight is 278 g/mol. The molecular weight excluding hydrogens is 255 g/mol. The average Bonchev–Trinajstić information content (AvgIpc) is 2.98. The van der Waals surface area contributed by atoms with E-state index >= 15 is 0 Å². The fraction of sp³-hybridized carbons (Fsp3) is 0.562. The molecule has 1 saturated carbocycles. The molecule has 1 amide bonds. The Morgan fingerprint density at radius 2 is 1.95 bits per heavy atom. The minimum atomic E-state index is -0.249. The number of nitrogens with one attached hydrogen (secondary N) is 1. The molecule has 20 heavy (non-hydrogen) atoms. The molecule has 0 bridgehead atoms. The van der Waals surface area contributed by atoms with Crippen molar-refractivity contribution in [1.29, 1.82) is 0 Å². The van der Waals surface area contributed by atoms with E-state index < -0.39 is 0 Å². The third kappa shape index (κ3) is 3.57. The predicted molar refractivity (Wildman–Crippen MR) is 77.5 cm³/mol. The summed E-state index contributed by atoms with van der Waals surface area (Å²) in [6.07, 6.45) is 4.62. The SMILES string of the molecule is CC(CN)C(=O)NC(c1ccc(F)cc1)C1CCCC1. The summed E-state index contributed by atoms with van der Waals surface area (Å²) in [4.78, 5) is 12.1. The van der Waals surface area contributed by atoms with Gasteiger partial charge < -0.3 is 11.1 Å². The first-order chi connectivity index (χ1) is 9.61. The molecule has 1 aromatic rings. The van der Waals surface area contributed by atoms with Crippen LogP contribution in [-0.4, -0.2) is 12.5 Å². The van der Waals surface area contributed by atoms with Gasteiger partial charge in [0.15, 0.2) is 0 Å². The highest BCUT2D eigenvalue weighted by molar-refractivity contribution is 5.79. The smallest absolute Gasteiger partial charge is 0.224 e. The molecule has 3 nitrogen and oxygen atoms in total. The van der Waals surface area contributed by atoms with Gasteiger partial charge in [-0.25, -0.2) is 4.39 Å². The van der Waals surface area contributed by atoms with Gasteiger partial charge in [-0.3, -0.25) is 4.79 Å². The Bertz CT molecular complexity index is 440. The quantitative estimate of drug-likeness (QED) is 0.870. The van der Waals surface area contributed by atoms with Crippen molar-refractivity contribution in [1.82, 2.24) is 5.32 Å². The number of benzene rings is 1. The lowest BCUT2D eigenvalue weighted by Gasteiger charge is -2.26. The third-order valence-electron chi connectivity index (χ3n) is 4.20. The molecule has 2 rings (SSSR count). The second kappa shape index (κ2) is 6.84. The van der Waals surface area contributed by atoms with Crippen molar-refractivity contribution in [2.75, 3.05) is 6.54 Å². The van der Waals surface area contributed by atoms with Crippen LogP contribution in [0.15, 0.2) is 24.3 Å². The van der Waals surface area contributed by atoms with Gasteiger partial charge >= 0.3 is 0 Å². The van der Waals surface area contributed by atoms with Gasteiger partial charge in [0.2, 0.25) is 5.91 Å². The van der Waals surface area contributed by atoms with Gasteiger partial charge in [0.05, 0.1) is 6.04 Å². The third-order valence-corrected chi connectivity index (χ3v) is 4.20. The molecule has 0 aromatic heterocycles. The molecule has 1 fully saturated rings. The molecule has 2 atom stereocenters. The zero-order valence-corrected chi connectivity index (χ0v) is 11.9. The van der Waals surface area contributed by atoms with E-state index in [4.69, 9.17) is 5.73 Å². The molecule has 1 aromatic carbocycles. The second-order valence-electron chi connectivity index (χ2n) is 5.72. The summed E-state index contributed by atoms with van der Waals surface area (Å²) in [6, 6.07) is 6.42. The molecule has 1 aliphatic rings. The number of carbonyl (C=O) groups is 1. The van der Waals surface area contributed by atoms with Crippen LogP contribution in [0.2, 0.25) is 0 Å². The van der Waals surface area contributed by atoms with Crippen molar-refractivity contribution >= 4 is 5.91 Å². The van der Waals surface area contributed by atoms with Crippen LogP contribution in [0.1, 0.15) is 44.2 Å². The number of hydrogen-bond donors (Lipinski definition) is 2. The van der Waals surface area contributed by atoms with E-state index in [2.05, 4.69) is 5.32 Å². The zero-order chi connectivity index (χ0) is 14.5. The van der Waals surface area contributed by atoms with Crippen LogP contribution in [-0.2, 0) is 4.79 Å². The summed E-state index contributed by atoms with van der Waals surface area (Å²) >= 11 is 0. The highest BCUT2D eigenvalue weighted by Crippen LogP contribution is 2.35. The lowest BCUT2D eigenvalue weighted by molar-refractivity contribution is -0.125. The maximum absolute atomic E-state index is 13.1. The molecule has 0 aliphatic heterocycles.